The molecule has 2 rings (SSSR count). The molecule has 0 saturated carbocycles. The Morgan fingerprint density at radius 3 is 2.87 bits per heavy atom. The second kappa shape index (κ2) is 4.26. The van der Waals surface area contributed by atoms with Crippen molar-refractivity contribution in [2.75, 3.05) is 0 Å². The summed E-state index contributed by atoms with van der Waals surface area (Å²) in [7, 11) is 0. The summed E-state index contributed by atoms with van der Waals surface area (Å²) < 4.78 is 15.4. The van der Waals surface area contributed by atoms with Gasteiger partial charge < -0.3 is 4.57 Å². The van der Waals surface area contributed by atoms with Gasteiger partial charge in [-0.2, -0.15) is 0 Å². The molecule has 1 aromatic carbocycles. The molecule has 0 spiro atoms. The molecule has 0 unspecified atom stereocenters. The number of benzene rings is 1. The van der Waals surface area contributed by atoms with Crippen LogP contribution < -0.4 is 0 Å². The highest BCUT2D eigenvalue weighted by molar-refractivity contribution is 5.18. The molecule has 2 nitrogen and oxygen atoms in total. The summed E-state index contributed by atoms with van der Waals surface area (Å²) in [6.07, 6.45) is 4.49. The minimum absolute atomic E-state index is 0.159. The largest absolute Gasteiger partial charge is 0.330 e. The fraction of sp³-hybridized carbons (Fsp3) is 0.250. The molecule has 3 heteroatoms. The lowest BCUT2D eigenvalue weighted by molar-refractivity contribution is 0.595. The Morgan fingerprint density at radius 2 is 2.13 bits per heavy atom. The van der Waals surface area contributed by atoms with Gasteiger partial charge in [0.05, 0.1) is 6.54 Å². The van der Waals surface area contributed by atoms with Crippen LogP contribution in [0, 0.1) is 5.82 Å². The van der Waals surface area contributed by atoms with E-state index in [9.17, 15) is 4.39 Å². The number of nitrogens with zero attached hydrogens (tertiary/aromatic N) is 2. The molecule has 0 radical (unpaired) electrons. The third kappa shape index (κ3) is 2.06. The molecule has 78 valence electrons. The topological polar surface area (TPSA) is 17.8 Å². The number of imidazole rings is 1. The molecule has 2 aromatic rings. The highest BCUT2D eigenvalue weighted by Crippen LogP contribution is 2.10. The fourth-order valence-corrected chi connectivity index (χ4v) is 1.61. The van der Waals surface area contributed by atoms with E-state index >= 15 is 0 Å². The van der Waals surface area contributed by atoms with Crippen molar-refractivity contribution in [3.63, 3.8) is 0 Å². The van der Waals surface area contributed by atoms with Crippen LogP contribution in [0.3, 0.4) is 0 Å². The van der Waals surface area contributed by atoms with Crippen LogP contribution in [0.25, 0.3) is 0 Å². The van der Waals surface area contributed by atoms with Crippen LogP contribution in [-0.4, -0.2) is 9.55 Å². The normalized spacial score (nSPS) is 10.5. The fourth-order valence-electron chi connectivity index (χ4n) is 1.61. The van der Waals surface area contributed by atoms with Gasteiger partial charge in [0.25, 0.3) is 0 Å². The molecule has 0 aliphatic rings. The van der Waals surface area contributed by atoms with Crippen molar-refractivity contribution in [1.29, 1.82) is 0 Å². The van der Waals surface area contributed by atoms with E-state index in [1.807, 2.05) is 23.8 Å². The van der Waals surface area contributed by atoms with E-state index in [1.54, 1.807) is 18.3 Å². The maximum Gasteiger partial charge on any atom is 0.128 e. The summed E-state index contributed by atoms with van der Waals surface area (Å²) in [6.45, 7) is 2.59. The number of hydrogen-bond donors (Lipinski definition) is 0. The lowest BCUT2D eigenvalue weighted by Gasteiger charge is -2.07. The zero-order chi connectivity index (χ0) is 10.7. The van der Waals surface area contributed by atoms with Crippen molar-refractivity contribution >= 4 is 0 Å². The van der Waals surface area contributed by atoms with Gasteiger partial charge in [-0.25, -0.2) is 9.37 Å². The predicted octanol–water partition coefficient (Wildman–Crippen LogP) is 2.63. The molecule has 0 N–H and O–H groups in total. The Morgan fingerprint density at radius 1 is 1.33 bits per heavy atom. The first kappa shape index (κ1) is 9.90. The van der Waals surface area contributed by atoms with Gasteiger partial charge >= 0.3 is 0 Å². The van der Waals surface area contributed by atoms with E-state index in [1.165, 1.54) is 6.07 Å². The Bertz CT molecular complexity index is 448. The lowest BCUT2D eigenvalue weighted by Crippen LogP contribution is -2.04. The van der Waals surface area contributed by atoms with E-state index in [0.717, 1.165) is 12.2 Å². The van der Waals surface area contributed by atoms with Crippen molar-refractivity contribution in [2.45, 2.75) is 19.9 Å². The Kier molecular flexibility index (Phi) is 2.81. The Hall–Kier alpha value is -1.64. The van der Waals surface area contributed by atoms with Gasteiger partial charge in [-0.1, -0.05) is 25.1 Å². The first-order valence-corrected chi connectivity index (χ1v) is 5.04. The Labute approximate surface area is 88.4 Å². The SMILES string of the molecule is CCc1nccn1Cc1ccccc1F. The molecular weight excluding hydrogens is 191 g/mol. The molecule has 0 saturated heterocycles. The minimum Gasteiger partial charge on any atom is -0.330 e. The van der Waals surface area contributed by atoms with Gasteiger partial charge in [0.2, 0.25) is 0 Å². The second-order valence-electron chi connectivity index (χ2n) is 3.42. The van der Waals surface area contributed by atoms with Crippen LogP contribution in [0.15, 0.2) is 36.7 Å². The Balaban J connectivity index is 2.26. The van der Waals surface area contributed by atoms with Gasteiger partial charge in [0.15, 0.2) is 0 Å². The van der Waals surface area contributed by atoms with Crippen molar-refractivity contribution in [3.05, 3.63) is 53.9 Å². The summed E-state index contributed by atoms with van der Waals surface area (Å²) in [5.74, 6) is 0.825. The first-order chi connectivity index (χ1) is 7.31. The molecule has 0 aliphatic carbocycles. The van der Waals surface area contributed by atoms with Crippen LogP contribution >= 0.6 is 0 Å². The third-order valence-corrected chi connectivity index (χ3v) is 2.42. The quantitative estimate of drug-likeness (QED) is 0.751. The molecule has 0 amide bonds. The summed E-state index contributed by atoms with van der Waals surface area (Å²) in [5, 5.41) is 0. The van der Waals surface area contributed by atoms with E-state index in [-0.39, 0.29) is 5.82 Å². The number of halogens is 1. The molecular formula is C12H13FN2. The summed E-state index contributed by atoms with van der Waals surface area (Å²) in [6, 6.07) is 6.83. The van der Waals surface area contributed by atoms with Crippen molar-refractivity contribution in [3.8, 4) is 0 Å². The zero-order valence-corrected chi connectivity index (χ0v) is 8.65. The number of aryl methyl sites for hydroxylation is 1. The predicted molar refractivity (Wildman–Crippen MR) is 57.1 cm³/mol. The molecule has 0 bridgehead atoms. The van der Waals surface area contributed by atoms with Gasteiger partial charge in [-0.3, -0.25) is 0 Å². The molecule has 0 aliphatic heterocycles. The van der Waals surface area contributed by atoms with E-state index in [4.69, 9.17) is 0 Å². The van der Waals surface area contributed by atoms with Gasteiger partial charge in [-0.05, 0) is 6.07 Å². The molecule has 1 heterocycles. The standard InChI is InChI=1S/C12H13FN2/c1-2-12-14-7-8-15(12)9-10-5-3-4-6-11(10)13/h3-8H,2,9H2,1H3. The number of aromatic nitrogens is 2. The highest BCUT2D eigenvalue weighted by atomic mass is 19.1. The molecule has 1 aromatic heterocycles. The van der Waals surface area contributed by atoms with Crippen LogP contribution in [0.5, 0.6) is 0 Å². The maximum absolute atomic E-state index is 13.4. The maximum atomic E-state index is 13.4. The van der Waals surface area contributed by atoms with Crippen molar-refractivity contribution in [1.82, 2.24) is 9.55 Å². The average molecular weight is 204 g/mol. The van der Waals surface area contributed by atoms with E-state index in [0.29, 0.717) is 12.1 Å². The van der Waals surface area contributed by atoms with Crippen LogP contribution in [-0.2, 0) is 13.0 Å². The monoisotopic (exact) mass is 204 g/mol. The van der Waals surface area contributed by atoms with Gasteiger partial charge in [-0.15, -0.1) is 0 Å². The minimum atomic E-state index is -0.159. The van der Waals surface area contributed by atoms with Crippen LogP contribution in [0.1, 0.15) is 18.3 Å². The summed E-state index contributed by atoms with van der Waals surface area (Å²) in [4.78, 5) is 4.20. The zero-order valence-electron chi connectivity index (χ0n) is 8.65. The van der Waals surface area contributed by atoms with E-state index in [2.05, 4.69) is 4.98 Å². The lowest BCUT2D eigenvalue weighted by atomic mass is 10.2. The second-order valence-corrected chi connectivity index (χ2v) is 3.42. The average Bonchev–Trinajstić information content (AvgIpc) is 2.69. The molecule has 15 heavy (non-hydrogen) atoms. The number of rotatable bonds is 3. The molecule has 0 fully saturated rings. The molecule has 0 atom stereocenters. The van der Waals surface area contributed by atoms with Gasteiger partial charge in [0, 0.05) is 24.4 Å². The smallest absolute Gasteiger partial charge is 0.128 e. The summed E-state index contributed by atoms with van der Waals surface area (Å²) in [5.41, 5.74) is 0.699. The summed E-state index contributed by atoms with van der Waals surface area (Å²) >= 11 is 0. The van der Waals surface area contributed by atoms with Crippen LogP contribution in [0.2, 0.25) is 0 Å². The van der Waals surface area contributed by atoms with Crippen molar-refractivity contribution < 1.29 is 4.39 Å². The van der Waals surface area contributed by atoms with Crippen LogP contribution in [0.4, 0.5) is 4.39 Å². The highest BCUT2D eigenvalue weighted by Gasteiger charge is 2.04. The van der Waals surface area contributed by atoms with Crippen molar-refractivity contribution in [2.24, 2.45) is 0 Å². The first-order valence-electron chi connectivity index (χ1n) is 5.04. The number of hydrogen-bond acceptors (Lipinski definition) is 1. The third-order valence-electron chi connectivity index (χ3n) is 2.42. The van der Waals surface area contributed by atoms with E-state index < -0.39 is 0 Å². The van der Waals surface area contributed by atoms with Gasteiger partial charge in [0.1, 0.15) is 11.6 Å².